The van der Waals surface area contributed by atoms with Gasteiger partial charge in [-0.25, -0.2) is 12.8 Å². The van der Waals surface area contributed by atoms with Crippen LogP contribution in [0.2, 0.25) is 0 Å². The fraction of sp³-hybridized carbons (Fsp3) is 0. The molecule has 30 heavy (non-hydrogen) atoms. The molecule has 0 aliphatic heterocycles. The molecule has 0 bridgehead atoms. The fourth-order valence-electron chi connectivity index (χ4n) is 3.07. The Hall–Kier alpha value is -3.71. The molecule has 7 heteroatoms. The molecular formula is C23H17FN2O3S. The molecule has 5 nitrogen and oxygen atoms in total. The molecule has 0 aliphatic carbocycles. The molecule has 2 N–H and O–H groups in total. The molecule has 4 aromatic carbocycles. The quantitative estimate of drug-likeness (QED) is 0.475. The average molecular weight is 420 g/mol. The van der Waals surface area contributed by atoms with E-state index < -0.39 is 21.7 Å². The van der Waals surface area contributed by atoms with Crippen LogP contribution in [0.1, 0.15) is 10.4 Å². The van der Waals surface area contributed by atoms with Crippen molar-refractivity contribution in [3.8, 4) is 0 Å². The van der Waals surface area contributed by atoms with Crippen molar-refractivity contribution in [2.45, 2.75) is 4.90 Å². The smallest absolute Gasteiger partial charge is 0.261 e. The highest BCUT2D eigenvalue weighted by Crippen LogP contribution is 2.24. The van der Waals surface area contributed by atoms with E-state index in [4.69, 9.17) is 0 Å². The van der Waals surface area contributed by atoms with Crippen LogP contribution in [-0.2, 0) is 10.0 Å². The summed E-state index contributed by atoms with van der Waals surface area (Å²) in [5.41, 5.74) is 1.06. The van der Waals surface area contributed by atoms with Crippen LogP contribution < -0.4 is 10.0 Å². The van der Waals surface area contributed by atoms with E-state index in [2.05, 4.69) is 10.0 Å². The lowest BCUT2D eigenvalue weighted by Crippen LogP contribution is -2.16. The second-order valence-electron chi connectivity index (χ2n) is 6.62. The number of fused-ring (bicyclic) bond motifs is 1. The average Bonchev–Trinajstić information content (AvgIpc) is 2.75. The van der Waals surface area contributed by atoms with Crippen LogP contribution in [0.4, 0.5) is 15.8 Å². The summed E-state index contributed by atoms with van der Waals surface area (Å²) >= 11 is 0. The molecule has 0 aromatic heterocycles. The summed E-state index contributed by atoms with van der Waals surface area (Å²) in [6.45, 7) is 0. The number of halogens is 1. The number of carbonyl (C=O) groups is 1. The van der Waals surface area contributed by atoms with Crippen LogP contribution in [-0.4, -0.2) is 14.3 Å². The summed E-state index contributed by atoms with van der Waals surface area (Å²) in [6.07, 6.45) is 0. The molecule has 0 fully saturated rings. The topological polar surface area (TPSA) is 75.3 Å². The van der Waals surface area contributed by atoms with Gasteiger partial charge in [0.2, 0.25) is 0 Å². The Labute approximate surface area is 173 Å². The van der Waals surface area contributed by atoms with E-state index in [9.17, 15) is 17.6 Å². The van der Waals surface area contributed by atoms with Crippen molar-refractivity contribution >= 4 is 38.1 Å². The zero-order chi connectivity index (χ0) is 21.1. The third-order valence-corrected chi connectivity index (χ3v) is 5.92. The van der Waals surface area contributed by atoms with E-state index in [1.54, 1.807) is 6.07 Å². The Morgan fingerprint density at radius 2 is 1.50 bits per heavy atom. The van der Waals surface area contributed by atoms with Crippen molar-refractivity contribution < 1.29 is 17.6 Å². The number of benzene rings is 4. The molecule has 150 valence electrons. The van der Waals surface area contributed by atoms with Gasteiger partial charge < -0.3 is 5.32 Å². The van der Waals surface area contributed by atoms with Gasteiger partial charge in [0.1, 0.15) is 5.82 Å². The molecule has 0 heterocycles. The highest BCUT2D eigenvalue weighted by Gasteiger charge is 2.17. The standard InChI is InChI=1S/C23H17FN2O3S/c24-18-11-13-19(14-12-18)26-30(28,29)20-8-3-7-17(15-20)23(27)25-22-10-4-6-16-5-1-2-9-21(16)22/h1-15,26H,(H,25,27). The van der Waals surface area contributed by atoms with Crippen LogP contribution in [0.3, 0.4) is 0 Å². The zero-order valence-electron chi connectivity index (χ0n) is 15.7. The van der Waals surface area contributed by atoms with Crippen LogP contribution >= 0.6 is 0 Å². The fourth-order valence-corrected chi connectivity index (χ4v) is 4.17. The maximum atomic E-state index is 13.0. The third kappa shape index (κ3) is 4.16. The lowest BCUT2D eigenvalue weighted by molar-refractivity contribution is 0.102. The van der Waals surface area contributed by atoms with E-state index >= 15 is 0 Å². The normalized spacial score (nSPS) is 11.2. The van der Waals surface area contributed by atoms with Crippen molar-refractivity contribution in [1.82, 2.24) is 0 Å². The summed E-state index contributed by atoms with van der Waals surface area (Å²) in [6, 6.07) is 23.9. The number of hydrogen-bond donors (Lipinski definition) is 2. The minimum atomic E-state index is -3.94. The van der Waals surface area contributed by atoms with Crippen molar-refractivity contribution in [2.24, 2.45) is 0 Å². The van der Waals surface area contributed by atoms with E-state index in [0.717, 1.165) is 22.9 Å². The van der Waals surface area contributed by atoms with Gasteiger partial charge >= 0.3 is 0 Å². The van der Waals surface area contributed by atoms with Crippen molar-refractivity contribution in [2.75, 3.05) is 10.0 Å². The van der Waals surface area contributed by atoms with Crippen molar-refractivity contribution in [3.05, 3.63) is 102 Å². The Balaban J connectivity index is 1.59. The molecule has 4 aromatic rings. The minimum Gasteiger partial charge on any atom is -0.321 e. The molecule has 0 spiro atoms. The van der Waals surface area contributed by atoms with E-state index in [-0.39, 0.29) is 16.1 Å². The predicted molar refractivity (Wildman–Crippen MR) is 116 cm³/mol. The van der Waals surface area contributed by atoms with E-state index in [1.807, 2.05) is 36.4 Å². The summed E-state index contributed by atoms with van der Waals surface area (Å²) in [5.74, 6) is -0.893. The largest absolute Gasteiger partial charge is 0.321 e. The number of carbonyl (C=O) groups excluding carboxylic acids is 1. The zero-order valence-corrected chi connectivity index (χ0v) is 16.5. The molecule has 0 radical (unpaired) electrons. The Bertz CT molecular complexity index is 1330. The summed E-state index contributed by atoms with van der Waals surface area (Å²) in [7, 11) is -3.94. The van der Waals surface area contributed by atoms with Crippen LogP contribution in [0.15, 0.2) is 95.9 Å². The predicted octanol–water partition coefficient (Wildman–Crippen LogP) is 5.03. The Morgan fingerprint density at radius 1 is 0.800 bits per heavy atom. The number of amides is 1. The van der Waals surface area contributed by atoms with Crippen LogP contribution in [0, 0.1) is 5.82 Å². The number of rotatable bonds is 5. The maximum Gasteiger partial charge on any atom is 0.261 e. The summed E-state index contributed by atoms with van der Waals surface area (Å²) in [5, 5.41) is 4.71. The molecule has 0 aliphatic rings. The van der Waals surface area contributed by atoms with Gasteiger partial charge in [0.05, 0.1) is 4.90 Å². The second kappa shape index (κ2) is 7.96. The first-order valence-corrected chi connectivity index (χ1v) is 10.6. The van der Waals surface area contributed by atoms with Gasteiger partial charge in [-0.2, -0.15) is 0 Å². The van der Waals surface area contributed by atoms with Crippen LogP contribution in [0.5, 0.6) is 0 Å². The van der Waals surface area contributed by atoms with Gasteiger partial charge in [-0.3, -0.25) is 9.52 Å². The molecule has 0 unspecified atom stereocenters. The first kappa shape index (κ1) is 19.6. The lowest BCUT2D eigenvalue weighted by Gasteiger charge is -2.11. The number of anilines is 2. The molecule has 0 saturated carbocycles. The molecule has 1 amide bonds. The molecule has 0 saturated heterocycles. The van der Waals surface area contributed by atoms with E-state index in [0.29, 0.717) is 5.69 Å². The monoisotopic (exact) mass is 420 g/mol. The summed E-state index contributed by atoms with van der Waals surface area (Å²) < 4.78 is 40.7. The maximum absolute atomic E-state index is 13.0. The van der Waals surface area contributed by atoms with Gasteiger partial charge in [0.15, 0.2) is 0 Å². The van der Waals surface area contributed by atoms with Crippen molar-refractivity contribution in [3.63, 3.8) is 0 Å². The third-order valence-electron chi connectivity index (χ3n) is 4.54. The minimum absolute atomic E-state index is 0.0719. The van der Waals surface area contributed by atoms with Gasteiger partial charge in [-0.1, -0.05) is 42.5 Å². The van der Waals surface area contributed by atoms with Crippen LogP contribution in [0.25, 0.3) is 10.8 Å². The molecule has 4 rings (SSSR count). The first-order chi connectivity index (χ1) is 14.4. The highest BCUT2D eigenvalue weighted by atomic mass is 32.2. The lowest BCUT2D eigenvalue weighted by atomic mass is 10.1. The van der Waals surface area contributed by atoms with Gasteiger partial charge in [-0.15, -0.1) is 0 Å². The summed E-state index contributed by atoms with van der Waals surface area (Å²) in [4.78, 5) is 12.7. The Morgan fingerprint density at radius 3 is 2.30 bits per heavy atom. The molecular weight excluding hydrogens is 403 g/mol. The number of sulfonamides is 1. The van der Waals surface area contributed by atoms with Gasteiger partial charge in [0.25, 0.3) is 15.9 Å². The second-order valence-corrected chi connectivity index (χ2v) is 8.30. The van der Waals surface area contributed by atoms with Crippen molar-refractivity contribution in [1.29, 1.82) is 0 Å². The first-order valence-electron chi connectivity index (χ1n) is 9.10. The molecule has 0 atom stereocenters. The number of nitrogens with one attached hydrogen (secondary N) is 2. The van der Waals surface area contributed by atoms with Gasteiger partial charge in [0, 0.05) is 22.3 Å². The Kier molecular flexibility index (Phi) is 5.20. The number of hydrogen-bond acceptors (Lipinski definition) is 3. The van der Waals surface area contributed by atoms with Gasteiger partial charge in [-0.05, 0) is 53.9 Å². The SMILES string of the molecule is O=C(Nc1cccc2ccccc12)c1cccc(S(=O)(=O)Nc2ccc(F)cc2)c1. The highest BCUT2D eigenvalue weighted by molar-refractivity contribution is 7.92. The van der Waals surface area contributed by atoms with E-state index in [1.165, 1.54) is 36.4 Å².